The van der Waals surface area contributed by atoms with Crippen molar-refractivity contribution in [1.29, 1.82) is 0 Å². The van der Waals surface area contributed by atoms with Gasteiger partial charge in [-0.05, 0) is 24.5 Å². The highest BCUT2D eigenvalue weighted by Crippen LogP contribution is 2.17. The molecule has 1 aromatic rings. The number of aliphatic hydroxyl groups is 1. The molecule has 0 saturated carbocycles. The summed E-state index contributed by atoms with van der Waals surface area (Å²) < 4.78 is 0. The molecule has 12 heavy (non-hydrogen) atoms. The second kappa shape index (κ2) is 3.68. The van der Waals surface area contributed by atoms with Crippen LogP contribution >= 0.6 is 0 Å². The van der Waals surface area contributed by atoms with Gasteiger partial charge >= 0.3 is 0 Å². The third-order valence-corrected chi connectivity index (χ3v) is 1.87. The van der Waals surface area contributed by atoms with Crippen molar-refractivity contribution in [2.24, 2.45) is 0 Å². The van der Waals surface area contributed by atoms with Crippen molar-refractivity contribution in [1.82, 2.24) is 4.98 Å². The van der Waals surface area contributed by atoms with E-state index in [4.69, 9.17) is 5.11 Å². The molecule has 1 heterocycles. The zero-order valence-electron chi connectivity index (χ0n) is 7.83. The molecule has 2 nitrogen and oxygen atoms in total. The number of aryl methyl sites for hydroxylation is 1. The largest absolute Gasteiger partial charge is 0.392 e. The molecule has 0 saturated heterocycles. The molecule has 0 aliphatic carbocycles. The fraction of sp³-hybridized carbons (Fsp3) is 0.500. The van der Waals surface area contributed by atoms with Crippen molar-refractivity contribution in [2.75, 3.05) is 0 Å². The summed E-state index contributed by atoms with van der Waals surface area (Å²) in [7, 11) is 0. The van der Waals surface area contributed by atoms with Crippen molar-refractivity contribution >= 4 is 0 Å². The van der Waals surface area contributed by atoms with E-state index in [1.807, 2.05) is 19.1 Å². The van der Waals surface area contributed by atoms with Crippen LogP contribution < -0.4 is 0 Å². The van der Waals surface area contributed by atoms with Crippen LogP contribution in [0.4, 0.5) is 0 Å². The van der Waals surface area contributed by atoms with Gasteiger partial charge in [0.1, 0.15) is 0 Å². The van der Waals surface area contributed by atoms with E-state index in [2.05, 4.69) is 18.8 Å². The van der Waals surface area contributed by atoms with E-state index in [-0.39, 0.29) is 6.61 Å². The molecule has 0 unspecified atom stereocenters. The Hall–Kier alpha value is -0.890. The molecule has 2 heteroatoms. The number of hydrogen-bond acceptors (Lipinski definition) is 2. The quantitative estimate of drug-likeness (QED) is 0.727. The number of aromatic nitrogens is 1. The summed E-state index contributed by atoms with van der Waals surface area (Å²) in [5.41, 5.74) is 2.96. The first kappa shape index (κ1) is 9.20. The van der Waals surface area contributed by atoms with Crippen molar-refractivity contribution in [2.45, 2.75) is 33.3 Å². The van der Waals surface area contributed by atoms with Crippen LogP contribution in [0.25, 0.3) is 0 Å². The lowest BCUT2D eigenvalue weighted by molar-refractivity contribution is 0.279. The van der Waals surface area contributed by atoms with Crippen LogP contribution in [0.3, 0.4) is 0 Å². The minimum absolute atomic E-state index is 0.0841. The fourth-order valence-corrected chi connectivity index (χ4v) is 1.24. The van der Waals surface area contributed by atoms with Gasteiger partial charge in [0.15, 0.2) is 0 Å². The van der Waals surface area contributed by atoms with Crippen LogP contribution in [0, 0.1) is 6.92 Å². The van der Waals surface area contributed by atoms with Crippen LogP contribution in [-0.2, 0) is 6.61 Å². The predicted octanol–water partition coefficient (Wildman–Crippen LogP) is 2.01. The number of rotatable bonds is 2. The first-order valence-electron chi connectivity index (χ1n) is 4.22. The van der Waals surface area contributed by atoms with E-state index in [1.54, 1.807) is 0 Å². The van der Waals surface area contributed by atoms with Gasteiger partial charge in [-0.25, -0.2) is 0 Å². The molecule has 0 amide bonds. The van der Waals surface area contributed by atoms with Crippen molar-refractivity contribution < 1.29 is 5.11 Å². The third-order valence-electron chi connectivity index (χ3n) is 1.87. The van der Waals surface area contributed by atoms with Gasteiger partial charge in [-0.15, -0.1) is 0 Å². The number of hydrogen-bond donors (Lipinski definition) is 1. The predicted molar refractivity (Wildman–Crippen MR) is 49.0 cm³/mol. The van der Waals surface area contributed by atoms with E-state index in [1.165, 1.54) is 0 Å². The Morgan fingerprint density at radius 3 is 2.58 bits per heavy atom. The summed E-state index contributed by atoms with van der Waals surface area (Å²) in [4.78, 5) is 4.38. The molecule has 0 fully saturated rings. The summed E-state index contributed by atoms with van der Waals surface area (Å²) in [6, 6.07) is 3.87. The van der Waals surface area contributed by atoms with E-state index in [9.17, 15) is 0 Å². The van der Waals surface area contributed by atoms with E-state index >= 15 is 0 Å². The highest BCUT2D eigenvalue weighted by Gasteiger charge is 2.06. The van der Waals surface area contributed by atoms with E-state index in [0.29, 0.717) is 5.92 Å². The summed E-state index contributed by atoms with van der Waals surface area (Å²) in [5.74, 6) is 0.382. The maximum absolute atomic E-state index is 9.02. The third kappa shape index (κ3) is 1.83. The Morgan fingerprint density at radius 2 is 2.08 bits per heavy atom. The summed E-state index contributed by atoms with van der Waals surface area (Å²) in [6.45, 7) is 6.22. The van der Waals surface area contributed by atoms with Crippen LogP contribution in [0.2, 0.25) is 0 Å². The Kier molecular flexibility index (Phi) is 2.82. The minimum Gasteiger partial charge on any atom is -0.392 e. The first-order valence-corrected chi connectivity index (χ1v) is 4.22. The lowest BCUT2D eigenvalue weighted by Gasteiger charge is -2.09. The molecule has 0 aliphatic heterocycles. The second-order valence-corrected chi connectivity index (χ2v) is 3.31. The molecule has 66 valence electrons. The lowest BCUT2D eigenvalue weighted by atomic mass is 10.0. The SMILES string of the molecule is Cc1ccc(CO)c(C(C)C)n1. The van der Waals surface area contributed by atoms with Gasteiger partial charge in [0, 0.05) is 11.4 Å². The minimum atomic E-state index is 0.0841. The van der Waals surface area contributed by atoms with Crippen molar-refractivity contribution in [3.63, 3.8) is 0 Å². The summed E-state index contributed by atoms with van der Waals surface area (Å²) in [6.07, 6.45) is 0. The van der Waals surface area contributed by atoms with Gasteiger partial charge in [0.2, 0.25) is 0 Å². The van der Waals surface area contributed by atoms with Gasteiger partial charge in [-0.3, -0.25) is 4.98 Å². The van der Waals surface area contributed by atoms with Gasteiger partial charge in [-0.1, -0.05) is 19.9 Å². The monoisotopic (exact) mass is 165 g/mol. The Morgan fingerprint density at radius 1 is 1.42 bits per heavy atom. The van der Waals surface area contributed by atoms with Crippen molar-refractivity contribution in [3.05, 3.63) is 29.1 Å². The molecule has 1 rings (SSSR count). The zero-order valence-corrected chi connectivity index (χ0v) is 7.83. The molecular weight excluding hydrogens is 150 g/mol. The smallest absolute Gasteiger partial charge is 0.0699 e. The molecular formula is C10H15NO. The maximum Gasteiger partial charge on any atom is 0.0699 e. The number of pyridine rings is 1. The zero-order chi connectivity index (χ0) is 9.14. The average Bonchev–Trinajstić information content (AvgIpc) is 2.04. The van der Waals surface area contributed by atoms with Gasteiger partial charge in [-0.2, -0.15) is 0 Å². The standard InChI is InChI=1S/C10H15NO/c1-7(2)10-9(6-12)5-4-8(3)11-10/h4-5,7,12H,6H2,1-3H3. The van der Waals surface area contributed by atoms with E-state index in [0.717, 1.165) is 17.0 Å². The average molecular weight is 165 g/mol. The lowest BCUT2D eigenvalue weighted by Crippen LogP contribution is -2.01. The molecule has 0 spiro atoms. The molecule has 0 aliphatic rings. The molecule has 1 N–H and O–H groups in total. The van der Waals surface area contributed by atoms with Crippen LogP contribution in [0.5, 0.6) is 0 Å². The Bertz CT molecular complexity index is 269. The maximum atomic E-state index is 9.02. The summed E-state index contributed by atoms with van der Waals surface area (Å²) >= 11 is 0. The van der Waals surface area contributed by atoms with Crippen LogP contribution in [0.15, 0.2) is 12.1 Å². The van der Waals surface area contributed by atoms with Gasteiger partial charge < -0.3 is 5.11 Å². The van der Waals surface area contributed by atoms with Gasteiger partial charge in [0.05, 0.1) is 6.61 Å². The normalized spacial score (nSPS) is 10.8. The second-order valence-electron chi connectivity index (χ2n) is 3.31. The number of nitrogens with zero attached hydrogens (tertiary/aromatic N) is 1. The van der Waals surface area contributed by atoms with Crippen LogP contribution in [0.1, 0.15) is 36.7 Å². The molecule has 0 aromatic carbocycles. The van der Waals surface area contributed by atoms with Crippen LogP contribution in [-0.4, -0.2) is 10.1 Å². The fourth-order valence-electron chi connectivity index (χ4n) is 1.24. The molecule has 0 atom stereocenters. The Balaban J connectivity index is 3.12. The molecule has 0 radical (unpaired) electrons. The van der Waals surface area contributed by atoms with E-state index < -0.39 is 0 Å². The first-order chi connectivity index (χ1) is 5.65. The summed E-state index contributed by atoms with van der Waals surface area (Å²) in [5, 5.41) is 9.02. The highest BCUT2D eigenvalue weighted by atomic mass is 16.3. The highest BCUT2D eigenvalue weighted by molar-refractivity contribution is 5.24. The molecule has 1 aromatic heterocycles. The molecule has 0 bridgehead atoms. The van der Waals surface area contributed by atoms with Gasteiger partial charge in [0.25, 0.3) is 0 Å². The topological polar surface area (TPSA) is 33.1 Å². The number of aliphatic hydroxyl groups excluding tert-OH is 1. The van der Waals surface area contributed by atoms with Crippen molar-refractivity contribution in [3.8, 4) is 0 Å². The Labute approximate surface area is 73.3 Å².